The van der Waals surface area contributed by atoms with Crippen molar-refractivity contribution in [3.63, 3.8) is 0 Å². The van der Waals surface area contributed by atoms with Crippen LogP contribution in [-0.4, -0.2) is 45.2 Å². The van der Waals surface area contributed by atoms with Crippen LogP contribution in [0.15, 0.2) is 18.5 Å². The number of carbonyl (C=O) groups excluding carboxylic acids is 1. The normalized spacial score (nSPS) is 20.3. The summed E-state index contributed by atoms with van der Waals surface area (Å²) in [6.07, 6.45) is 7.92. The highest BCUT2D eigenvalue weighted by Crippen LogP contribution is 2.19. The zero-order valence-corrected chi connectivity index (χ0v) is 10.3. The number of likely N-dealkylation sites (tertiary alicyclic amines) is 1. The molecule has 0 saturated carbocycles. The van der Waals surface area contributed by atoms with Crippen molar-refractivity contribution in [2.45, 2.75) is 25.4 Å². The van der Waals surface area contributed by atoms with Crippen molar-refractivity contribution < 1.29 is 4.79 Å². The molecule has 1 aromatic heterocycles. The predicted molar refractivity (Wildman–Crippen MR) is 65.3 cm³/mol. The van der Waals surface area contributed by atoms with Gasteiger partial charge in [0.05, 0.1) is 18.3 Å². The molecule has 4 nitrogen and oxygen atoms in total. The fourth-order valence-electron chi connectivity index (χ4n) is 2.18. The first-order valence-corrected chi connectivity index (χ1v) is 6.96. The van der Waals surface area contributed by atoms with E-state index >= 15 is 0 Å². The third-order valence-corrected chi connectivity index (χ3v) is 3.46. The molecule has 1 aliphatic heterocycles. The maximum Gasteiger partial charge on any atom is 0.232 e. The summed E-state index contributed by atoms with van der Waals surface area (Å²) >= 11 is 1.59. The van der Waals surface area contributed by atoms with E-state index in [9.17, 15) is 4.79 Å². The number of aromatic nitrogens is 2. The standard InChI is InChI=1S/C11H17N3OS/c1-16-9-11(15)14-7-2-4-10(14)8-13-6-3-5-12-13/h3,5-6,10H,2,4,7-9H2,1H3. The molecule has 88 valence electrons. The topological polar surface area (TPSA) is 38.1 Å². The van der Waals surface area contributed by atoms with E-state index in [-0.39, 0.29) is 5.91 Å². The van der Waals surface area contributed by atoms with E-state index in [1.54, 1.807) is 18.0 Å². The Hall–Kier alpha value is -0.970. The number of hydrogen-bond acceptors (Lipinski definition) is 3. The van der Waals surface area contributed by atoms with Gasteiger partial charge in [-0.15, -0.1) is 0 Å². The summed E-state index contributed by atoms with van der Waals surface area (Å²) in [6, 6.07) is 2.25. The first kappa shape index (κ1) is 11.5. The Balaban J connectivity index is 1.95. The average Bonchev–Trinajstić information content (AvgIpc) is 2.90. The van der Waals surface area contributed by atoms with Crippen molar-refractivity contribution >= 4 is 17.7 Å². The van der Waals surface area contributed by atoms with Crippen LogP contribution in [0.25, 0.3) is 0 Å². The van der Waals surface area contributed by atoms with Crippen molar-refractivity contribution in [1.29, 1.82) is 0 Å². The minimum Gasteiger partial charge on any atom is -0.337 e. The molecule has 16 heavy (non-hydrogen) atoms. The van der Waals surface area contributed by atoms with Crippen molar-refractivity contribution in [2.75, 3.05) is 18.6 Å². The van der Waals surface area contributed by atoms with Gasteiger partial charge in [0.25, 0.3) is 0 Å². The zero-order chi connectivity index (χ0) is 11.4. The summed E-state index contributed by atoms with van der Waals surface area (Å²) in [5.41, 5.74) is 0. The molecule has 0 radical (unpaired) electrons. The summed E-state index contributed by atoms with van der Waals surface area (Å²) < 4.78 is 1.91. The van der Waals surface area contributed by atoms with Crippen molar-refractivity contribution in [2.24, 2.45) is 0 Å². The Morgan fingerprint density at radius 2 is 2.50 bits per heavy atom. The molecular formula is C11H17N3OS. The third-order valence-electron chi connectivity index (χ3n) is 2.92. The van der Waals surface area contributed by atoms with Crippen LogP contribution in [0.2, 0.25) is 0 Å². The Bertz CT molecular complexity index is 339. The molecule has 1 saturated heterocycles. The summed E-state index contributed by atoms with van der Waals surface area (Å²) in [5, 5.41) is 4.19. The molecule has 0 spiro atoms. The van der Waals surface area contributed by atoms with Gasteiger partial charge in [0, 0.05) is 18.9 Å². The van der Waals surface area contributed by atoms with Gasteiger partial charge < -0.3 is 4.90 Å². The monoisotopic (exact) mass is 239 g/mol. The van der Waals surface area contributed by atoms with E-state index in [4.69, 9.17) is 0 Å². The third kappa shape index (κ3) is 2.58. The van der Waals surface area contributed by atoms with Crippen LogP contribution in [0.3, 0.4) is 0 Å². The molecule has 1 amide bonds. The molecule has 0 bridgehead atoms. The van der Waals surface area contributed by atoms with Gasteiger partial charge >= 0.3 is 0 Å². The lowest BCUT2D eigenvalue weighted by atomic mass is 10.2. The van der Waals surface area contributed by atoms with E-state index < -0.39 is 0 Å². The lowest BCUT2D eigenvalue weighted by Crippen LogP contribution is -2.39. The van der Waals surface area contributed by atoms with Gasteiger partial charge in [0.1, 0.15) is 0 Å². The van der Waals surface area contributed by atoms with Crippen molar-refractivity contribution in [3.05, 3.63) is 18.5 Å². The van der Waals surface area contributed by atoms with Crippen LogP contribution >= 0.6 is 11.8 Å². The summed E-state index contributed by atoms with van der Waals surface area (Å²) in [5.74, 6) is 0.859. The maximum atomic E-state index is 11.9. The van der Waals surface area contributed by atoms with Crippen molar-refractivity contribution in [1.82, 2.24) is 14.7 Å². The molecule has 1 aromatic rings. The molecule has 0 N–H and O–H groups in total. The van der Waals surface area contributed by atoms with Crippen LogP contribution in [-0.2, 0) is 11.3 Å². The summed E-state index contributed by atoms with van der Waals surface area (Å²) in [7, 11) is 0. The second-order valence-corrected chi connectivity index (χ2v) is 4.91. The number of carbonyl (C=O) groups is 1. The second-order valence-electron chi connectivity index (χ2n) is 4.04. The first-order valence-electron chi connectivity index (χ1n) is 5.57. The van der Waals surface area contributed by atoms with E-state index in [2.05, 4.69) is 5.10 Å². The minimum atomic E-state index is 0.266. The molecule has 1 fully saturated rings. The molecule has 5 heteroatoms. The quantitative estimate of drug-likeness (QED) is 0.793. The van der Waals surface area contributed by atoms with Gasteiger partial charge in [-0.3, -0.25) is 9.48 Å². The SMILES string of the molecule is CSCC(=O)N1CCCC1Cn1cccn1. The smallest absolute Gasteiger partial charge is 0.232 e. The van der Waals surface area contributed by atoms with Gasteiger partial charge in [-0.2, -0.15) is 16.9 Å². The molecule has 0 aliphatic carbocycles. The van der Waals surface area contributed by atoms with Gasteiger partial charge in [0.2, 0.25) is 5.91 Å². The Morgan fingerprint density at radius 1 is 1.62 bits per heavy atom. The van der Waals surface area contributed by atoms with Crippen LogP contribution in [0.4, 0.5) is 0 Å². The first-order chi connectivity index (χ1) is 7.81. The molecular weight excluding hydrogens is 222 g/mol. The van der Waals surface area contributed by atoms with Crippen LogP contribution in [0.5, 0.6) is 0 Å². The number of nitrogens with zero attached hydrogens (tertiary/aromatic N) is 3. The molecule has 0 aromatic carbocycles. The van der Waals surface area contributed by atoms with E-state index in [0.717, 1.165) is 25.9 Å². The minimum absolute atomic E-state index is 0.266. The van der Waals surface area contributed by atoms with Gasteiger partial charge in [-0.05, 0) is 25.2 Å². The molecule has 2 heterocycles. The Labute approximate surface area is 100.0 Å². The predicted octanol–water partition coefficient (Wildman–Crippen LogP) is 1.24. The van der Waals surface area contributed by atoms with Gasteiger partial charge in [-0.25, -0.2) is 0 Å². The lowest BCUT2D eigenvalue weighted by Gasteiger charge is -2.24. The largest absolute Gasteiger partial charge is 0.337 e. The average molecular weight is 239 g/mol. The van der Waals surface area contributed by atoms with Crippen LogP contribution < -0.4 is 0 Å². The highest BCUT2D eigenvalue weighted by Gasteiger charge is 2.28. The highest BCUT2D eigenvalue weighted by molar-refractivity contribution is 7.99. The number of rotatable bonds is 4. The fourth-order valence-corrected chi connectivity index (χ4v) is 2.60. The molecule has 1 unspecified atom stereocenters. The summed E-state index contributed by atoms with van der Waals surface area (Å²) in [6.45, 7) is 1.73. The zero-order valence-electron chi connectivity index (χ0n) is 9.50. The number of thioether (sulfide) groups is 1. The molecule has 2 rings (SSSR count). The van der Waals surface area contributed by atoms with E-state index in [1.165, 1.54) is 0 Å². The highest BCUT2D eigenvalue weighted by atomic mass is 32.2. The van der Waals surface area contributed by atoms with Crippen LogP contribution in [0.1, 0.15) is 12.8 Å². The Morgan fingerprint density at radius 3 is 3.19 bits per heavy atom. The van der Waals surface area contributed by atoms with Gasteiger partial charge in [0.15, 0.2) is 0 Å². The number of hydrogen-bond donors (Lipinski definition) is 0. The fraction of sp³-hybridized carbons (Fsp3) is 0.636. The maximum absolute atomic E-state index is 11.9. The number of amides is 1. The molecule has 1 aliphatic rings. The lowest BCUT2D eigenvalue weighted by molar-refractivity contribution is -0.129. The van der Waals surface area contributed by atoms with Crippen LogP contribution in [0, 0.1) is 0 Å². The molecule has 1 atom stereocenters. The van der Waals surface area contributed by atoms with E-state index in [0.29, 0.717) is 11.8 Å². The van der Waals surface area contributed by atoms with Gasteiger partial charge in [-0.1, -0.05) is 0 Å². The summed E-state index contributed by atoms with van der Waals surface area (Å²) in [4.78, 5) is 13.9. The second kappa shape index (κ2) is 5.39. The Kier molecular flexibility index (Phi) is 3.88. The van der Waals surface area contributed by atoms with Crippen molar-refractivity contribution in [3.8, 4) is 0 Å². The van der Waals surface area contributed by atoms with E-state index in [1.807, 2.05) is 28.1 Å².